The quantitative estimate of drug-likeness (QED) is 0.791. The van der Waals surface area contributed by atoms with Crippen molar-refractivity contribution in [3.8, 4) is 0 Å². The predicted octanol–water partition coefficient (Wildman–Crippen LogP) is 4.59. The largest absolute Gasteiger partial charge is 0.417 e. The molecule has 1 unspecified atom stereocenters. The molecule has 1 rings (SSSR count). The van der Waals surface area contributed by atoms with Gasteiger partial charge in [0.15, 0.2) is 0 Å². The number of aryl methyl sites for hydroxylation is 1. The maximum Gasteiger partial charge on any atom is 0.417 e. The molecule has 7 heteroatoms. The third-order valence-corrected chi connectivity index (χ3v) is 3.66. The summed E-state index contributed by atoms with van der Waals surface area (Å²) in [7, 11) is -2.28. The fraction of sp³-hybridized carbons (Fsp3) is 0.571. The molecule has 0 aliphatic carbocycles. The maximum absolute atomic E-state index is 13.7. The zero-order valence-corrected chi connectivity index (χ0v) is 13.8. The second-order valence-electron chi connectivity index (χ2n) is 5.24. The molecule has 122 valence electrons. The van der Waals surface area contributed by atoms with Crippen molar-refractivity contribution in [1.82, 2.24) is 4.72 Å². The van der Waals surface area contributed by atoms with Crippen LogP contribution in [0.5, 0.6) is 0 Å². The summed E-state index contributed by atoms with van der Waals surface area (Å²) in [5, 5.41) is 0. The van der Waals surface area contributed by atoms with Gasteiger partial charge in [0.05, 0.1) is 5.56 Å². The van der Waals surface area contributed by atoms with Gasteiger partial charge in [0.2, 0.25) is 0 Å². The molecule has 1 aromatic carbocycles. The first-order valence-electron chi connectivity index (χ1n) is 6.49. The van der Waals surface area contributed by atoms with Crippen molar-refractivity contribution in [3.05, 3.63) is 29.1 Å². The van der Waals surface area contributed by atoms with E-state index in [4.69, 9.17) is 0 Å². The van der Waals surface area contributed by atoms with Crippen molar-refractivity contribution in [2.75, 3.05) is 0 Å². The highest BCUT2D eigenvalue weighted by Gasteiger charge is 2.37. The number of hydrogen-bond donors (Lipinski definition) is 1. The zero-order chi connectivity index (χ0) is 17.0. The van der Waals surface area contributed by atoms with Crippen LogP contribution in [-0.2, 0) is 17.2 Å². The Kier molecular flexibility index (Phi) is 7.02. The number of halogens is 4. The van der Waals surface area contributed by atoms with Crippen LogP contribution in [0.25, 0.3) is 0 Å². The highest BCUT2D eigenvalue weighted by Crippen LogP contribution is 2.35. The summed E-state index contributed by atoms with van der Waals surface area (Å²) in [6.07, 6.45) is -4.75. The van der Waals surface area contributed by atoms with Gasteiger partial charge in [-0.25, -0.2) is 13.3 Å². The molecular weight excluding hydrogens is 306 g/mol. The van der Waals surface area contributed by atoms with Crippen LogP contribution in [0.3, 0.4) is 0 Å². The monoisotopic (exact) mass is 327 g/mol. The van der Waals surface area contributed by atoms with Crippen LogP contribution >= 0.6 is 0 Å². The first-order chi connectivity index (χ1) is 9.42. The van der Waals surface area contributed by atoms with Crippen molar-refractivity contribution in [2.45, 2.75) is 58.2 Å². The molecule has 0 heterocycles. The molecule has 0 saturated carbocycles. The number of alkyl halides is 3. The molecule has 1 atom stereocenters. The summed E-state index contributed by atoms with van der Waals surface area (Å²) in [6, 6.07) is 1.73. The molecule has 0 radical (unpaired) electrons. The molecule has 0 aliphatic rings. The average Bonchev–Trinajstić information content (AvgIpc) is 2.26. The van der Waals surface area contributed by atoms with E-state index in [1.54, 1.807) is 20.8 Å². The third kappa shape index (κ3) is 6.13. The van der Waals surface area contributed by atoms with Gasteiger partial charge in [0.25, 0.3) is 0 Å². The lowest BCUT2D eigenvalue weighted by Gasteiger charge is -2.21. The van der Waals surface area contributed by atoms with Gasteiger partial charge in [-0.05, 0) is 45.4 Å². The molecule has 0 aromatic heterocycles. The van der Waals surface area contributed by atoms with Gasteiger partial charge >= 0.3 is 6.18 Å². The van der Waals surface area contributed by atoms with Gasteiger partial charge in [-0.3, -0.25) is 0 Å². The molecule has 1 N–H and O–H groups in total. The molecular formula is C14H21F4NOS. The average molecular weight is 327 g/mol. The summed E-state index contributed by atoms with van der Waals surface area (Å²) in [5.41, 5.74) is -1.79. The van der Waals surface area contributed by atoms with Crippen molar-refractivity contribution in [1.29, 1.82) is 0 Å². The lowest BCUT2D eigenvalue weighted by atomic mass is 10.1. The standard InChI is InChI=1S/C12H15F4NOS.C2H6/c1-7-5-8(12(14,15)16)10(9(13)6-7)19(18)17-11(2,3)4;1-2/h5-6,17H,1-4H3;1-2H3. The van der Waals surface area contributed by atoms with Crippen LogP contribution in [0.1, 0.15) is 45.7 Å². The molecule has 0 spiro atoms. The summed E-state index contributed by atoms with van der Waals surface area (Å²) >= 11 is 0. The Morgan fingerprint density at radius 1 is 1.10 bits per heavy atom. The summed E-state index contributed by atoms with van der Waals surface area (Å²) in [4.78, 5) is -0.854. The van der Waals surface area contributed by atoms with Gasteiger partial charge in [-0.1, -0.05) is 13.8 Å². The minimum Gasteiger partial charge on any atom is -0.237 e. The summed E-state index contributed by atoms with van der Waals surface area (Å²) < 4.78 is 66.7. The highest BCUT2D eigenvalue weighted by atomic mass is 32.2. The van der Waals surface area contributed by atoms with Crippen molar-refractivity contribution in [3.63, 3.8) is 0 Å². The Bertz CT molecular complexity index is 507. The topological polar surface area (TPSA) is 29.1 Å². The number of benzene rings is 1. The van der Waals surface area contributed by atoms with Gasteiger partial charge in [0.1, 0.15) is 21.7 Å². The second kappa shape index (κ2) is 7.35. The van der Waals surface area contributed by atoms with Crippen LogP contribution in [0.2, 0.25) is 0 Å². The van der Waals surface area contributed by atoms with Crippen LogP contribution in [0.4, 0.5) is 17.6 Å². The molecule has 1 aromatic rings. The normalized spacial score (nSPS) is 13.4. The van der Waals surface area contributed by atoms with E-state index >= 15 is 0 Å². The Morgan fingerprint density at radius 3 is 1.95 bits per heavy atom. The SMILES string of the molecule is CC.Cc1cc(F)c(S(=O)NC(C)(C)C)c(C(F)(F)F)c1. The highest BCUT2D eigenvalue weighted by molar-refractivity contribution is 7.83. The Hall–Kier alpha value is -0.950. The van der Waals surface area contributed by atoms with E-state index in [9.17, 15) is 21.8 Å². The summed E-state index contributed by atoms with van der Waals surface area (Å²) in [6.45, 7) is 10.2. The first kappa shape index (κ1) is 20.1. The number of hydrogen-bond acceptors (Lipinski definition) is 1. The van der Waals surface area contributed by atoms with Gasteiger partial charge in [-0.2, -0.15) is 13.2 Å². The van der Waals surface area contributed by atoms with Crippen LogP contribution in [0, 0.1) is 12.7 Å². The first-order valence-corrected chi connectivity index (χ1v) is 7.64. The van der Waals surface area contributed by atoms with Crippen LogP contribution < -0.4 is 4.72 Å². The van der Waals surface area contributed by atoms with E-state index < -0.39 is 39.0 Å². The van der Waals surface area contributed by atoms with E-state index in [2.05, 4.69) is 4.72 Å². The van der Waals surface area contributed by atoms with Crippen molar-refractivity contribution < 1.29 is 21.8 Å². The molecule has 21 heavy (non-hydrogen) atoms. The van der Waals surface area contributed by atoms with Crippen LogP contribution in [0.15, 0.2) is 17.0 Å². The molecule has 0 bridgehead atoms. The molecule has 0 aliphatic heterocycles. The lowest BCUT2D eigenvalue weighted by Crippen LogP contribution is -2.38. The van der Waals surface area contributed by atoms with Crippen LogP contribution in [-0.4, -0.2) is 9.75 Å². The Balaban J connectivity index is 0.00000191. The minimum absolute atomic E-state index is 0.126. The maximum atomic E-state index is 13.7. The third-order valence-electron chi connectivity index (χ3n) is 2.08. The van der Waals surface area contributed by atoms with Gasteiger partial charge < -0.3 is 0 Å². The Labute approximate surface area is 125 Å². The van der Waals surface area contributed by atoms with Crippen molar-refractivity contribution >= 4 is 11.0 Å². The fourth-order valence-electron chi connectivity index (χ4n) is 1.46. The fourth-order valence-corrected chi connectivity index (χ4v) is 2.73. The lowest BCUT2D eigenvalue weighted by molar-refractivity contribution is -0.140. The predicted molar refractivity (Wildman–Crippen MR) is 76.8 cm³/mol. The minimum atomic E-state index is -4.75. The van der Waals surface area contributed by atoms with E-state index in [0.717, 1.165) is 12.1 Å². The van der Waals surface area contributed by atoms with Gasteiger partial charge in [0, 0.05) is 5.54 Å². The number of nitrogens with one attached hydrogen (secondary N) is 1. The molecule has 2 nitrogen and oxygen atoms in total. The van der Waals surface area contributed by atoms with E-state index in [1.807, 2.05) is 13.8 Å². The second-order valence-corrected chi connectivity index (χ2v) is 6.39. The Morgan fingerprint density at radius 2 is 1.57 bits per heavy atom. The molecule has 0 saturated heterocycles. The van der Waals surface area contributed by atoms with E-state index in [-0.39, 0.29) is 5.56 Å². The van der Waals surface area contributed by atoms with E-state index in [0.29, 0.717) is 0 Å². The van der Waals surface area contributed by atoms with E-state index in [1.165, 1.54) is 6.92 Å². The number of rotatable bonds is 2. The molecule has 0 amide bonds. The van der Waals surface area contributed by atoms with Crippen molar-refractivity contribution in [2.24, 2.45) is 0 Å². The smallest absolute Gasteiger partial charge is 0.237 e. The molecule has 0 fully saturated rings. The van der Waals surface area contributed by atoms with Gasteiger partial charge in [-0.15, -0.1) is 0 Å². The zero-order valence-electron chi connectivity index (χ0n) is 13.0. The summed E-state index contributed by atoms with van der Waals surface area (Å²) in [5.74, 6) is -1.12.